The summed E-state index contributed by atoms with van der Waals surface area (Å²) in [6, 6.07) is 0.387. The summed E-state index contributed by atoms with van der Waals surface area (Å²) in [6.45, 7) is 9.17. The van der Waals surface area contributed by atoms with E-state index in [0.29, 0.717) is 6.04 Å². The molecule has 4 nitrogen and oxygen atoms in total. The van der Waals surface area contributed by atoms with E-state index in [2.05, 4.69) is 11.8 Å². The van der Waals surface area contributed by atoms with Gasteiger partial charge in [0.25, 0.3) is 0 Å². The standard InChI is InChI=1S/C12H23NO3/c1-4-16-9-10(2)13-7-5-12(3,6-8-13)11(14)15/h10H,4-9H2,1-3H3,(H,14,15). The molecule has 94 valence electrons. The second kappa shape index (κ2) is 5.64. The lowest BCUT2D eigenvalue weighted by Crippen LogP contribution is -2.47. The lowest BCUT2D eigenvalue weighted by Gasteiger charge is -2.39. The van der Waals surface area contributed by atoms with Crippen molar-refractivity contribution in [3.05, 3.63) is 0 Å². The van der Waals surface area contributed by atoms with Crippen LogP contribution in [0.3, 0.4) is 0 Å². The summed E-state index contributed by atoms with van der Waals surface area (Å²) in [5, 5.41) is 9.12. The van der Waals surface area contributed by atoms with E-state index in [1.807, 2.05) is 13.8 Å². The van der Waals surface area contributed by atoms with Gasteiger partial charge in [-0.15, -0.1) is 0 Å². The molecule has 0 aromatic carbocycles. The monoisotopic (exact) mass is 229 g/mol. The zero-order valence-electron chi connectivity index (χ0n) is 10.5. The van der Waals surface area contributed by atoms with Crippen LogP contribution in [0.5, 0.6) is 0 Å². The van der Waals surface area contributed by atoms with Crippen molar-refractivity contribution in [1.29, 1.82) is 0 Å². The molecular weight excluding hydrogens is 206 g/mol. The minimum atomic E-state index is -0.662. The quantitative estimate of drug-likeness (QED) is 0.778. The Kier molecular flexibility index (Phi) is 4.74. The molecule has 1 aliphatic rings. The first-order valence-corrected chi connectivity index (χ1v) is 6.05. The summed E-state index contributed by atoms with van der Waals surface area (Å²) >= 11 is 0. The van der Waals surface area contributed by atoms with Crippen LogP contribution in [0.4, 0.5) is 0 Å². The van der Waals surface area contributed by atoms with Gasteiger partial charge in [-0.05, 0) is 46.7 Å². The number of carbonyl (C=O) groups is 1. The van der Waals surface area contributed by atoms with Crippen LogP contribution in [0.1, 0.15) is 33.6 Å². The van der Waals surface area contributed by atoms with Gasteiger partial charge in [-0.2, -0.15) is 0 Å². The molecule has 1 atom stereocenters. The highest BCUT2D eigenvalue weighted by molar-refractivity contribution is 5.74. The number of ether oxygens (including phenoxy) is 1. The van der Waals surface area contributed by atoms with Crippen LogP contribution in [-0.4, -0.2) is 48.3 Å². The fraction of sp³-hybridized carbons (Fsp3) is 0.917. The molecule has 0 bridgehead atoms. The molecule has 0 saturated carbocycles. The van der Waals surface area contributed by atoms with Gasteiger partial charge in [0.05, 0.1) is 12.0 Å². The Hall–Kier alpha value is -0.610. The highest BCUT2D eigenvalue weighted by Crippen LogP contribution is 2.31. The van der Waals surface area contributed by atoms with Crippen LogP contribution in [0.2, 0.25) is 0 Å². The van der Waals surface area contributed by atoms with Crippen molar-refractivity contribution in [3.8, 4) is 0 Å². The van der Waals surface area contributed by atoms with Crippen LogP contribution < -0.4 is 0 Å². The first kappa shape index (κ1) is 13.5. The minimum absolute atomic E-state index is 0.387. The van der Waals surface area contributed by atoms with Crippen LogP contribution in [-0.2, 0) is 9.53 Å². The number of aliphatic carboxylic acids is 1. The Morgan fingerprint density at radius 2 is 2.06 bits per heavy atom. The van der Waals surface area contributed by atoms with E-state index in [1.54, 1.807) is 0 Å². The van der Waals surface area contributed by atoms with Crippen molar-refractivity contribution in [3.63, 3.8) is 0 Å². The van der Waals surface area contributed by atoms with Crippen LogP contribution in [0, 0.1) is 5.41 Å². The lowest BCUT2D eigenvalue weighted by atomic mass is 9.80. The van der Waals surface area contributed by atoms with Crippen LogP contribution >= 0.6 is 0 Å². The van der Waals surface area contributed by atoms with Gasteiger partial charge in [-0.3, -0.25) is 9.69 Å². The average molecular weight is 229 g/mol. The molecule has 1 heterocycles. The maximum Gasteiger partial charge on any atom is 0.309 e. The molecule has 0 radical (unpaired) electrons. The summed E-state index contributed by atoms with van der Waals surface area (Å²) in [4.78, 5) is 13.4. The molecule has 0 spiro atoms. The number of nitrogens with zero attached hydrogens (tertiary/aromatic N) is 1. The van der Waals surface area contributed by atoms with Crippen molar-refractivity contribution in [2.24, 2.45) is 5.41 Å². The molecule has 1 N–H and O–H groups in total. The number of carboxylic acids is 1. The molecule has 16 heavy (non-hydrogen) atoms. The summed E-state index contributed by atoms with van der Waals surface area (Å²) in [6.07, 6.45) is 1.47. The van der Waals surface area contributed by atoms with Crippen LogP contribution in [0.15, 0.2) is 0 Å². The Morgan fingerprint density at radius 3 is 2.50 bits per heavy atom. The Labute approximate surface area is 97.6 Å². The number of hydrogen-bond acceptors (Lipinski definition) is 3. The first-order chi connectivity index (χ1) is 7.49. The molecule has 0 aliphatic carbocycles. The highest BCUT2D eigenvalue weighted by atomic mass is 16.5. The van der Waals surface area contributed by atoms with Crippen molar-refractivity contribution in [2.75, 3.05) is 26.3 Å². The summed E-state index contributed by atoms with van der Waals surface area (Å²) in [5.74, 6) is -0.662. The van der Waals surface area contributed by atoms with Crippen molar-refractivity contribution in [1.82, 2.24) is 4.90 Å². The van der Waals surface area contributed by atoms with Gasteiger partial charge >= 0.3 is 5.97 Å². The van der Waals surface area contributed by atoms with Gasteiger partial charge in [-0.1, -0.05) is 0 Å². The van der Waals surface area contributed by atoms with Crippen LogP contribution in [0.25, 0.3) is 0 Å². The van der Waals surface area contributed by atoms with E-state index in [-0.39, 0.29) is 0 Å². The zero-order chi connectivity index (χ0) is 12.2. The second-order valence-corrected chi connectivity index (χ2v) is 4.91. The van der Waals surface area contributed by atoms with E-state index in [0.717, 1.165) is 39.1 Å². The molecule has 1 aliphatic heterocycles. The van der Waals surface area contributed by atoms with Gasteiger partial charge in [-0.25, -0.2) is 0 Å². The molecule has 1 rings (SSSR count). The number of likely N-dealkylation sites (tertiary alicyclic amines) is 1. The van der Waals surface area contributed by atoms with E-state index in [9.17, 15) is 4.79 Å². The third-order valence-corrected chi connectivity index (χ3v) is 3.60. The molecule has 4 heteroatoms. The molecular formula is C12H23NO3. The number of carboxylic acid groups (broad SMARTS) is 1. The molecule has 1 saturated heterocycles. The molecule has 1 unspecified atom stereocenters. The molecule has 0 aromatic rings. The fourth-order valence-corrected chi connectivity index (χ4v) is 2.07. The third kappa shape index (κ3) is 3.19. The maximum absolute atomic E-state index is 11.1. The molecule has 1 fully saturated rings. The fourth-order valence-electron chi connectivity index (χ4n) is 2.07. The van der Waals surface area contributed by atoms with E-state index < -0.39 is 11.4 Å². The minimum Gasteiger partial charge on any atom is -0.481 e. The van der Waals surface area contributed by atoms with Gasteiger partial charge in [0.2, 0.25) is 0 Å². The molecule has 0 aromatic heterocycles. The lowest BCUT2D eigenvalue weighted by molar-refractivity contribution is -0.151. The third-order valence-electron chi connectivity index (χ3n) is 3.60. The van der Waals surface area contributed by atoms with Crippen molar-refractivity contribution < 1.29 is 14.6 Å². The van der Waals surface area contributed by atoms with E-state index >= 15 is 0 Å². The predicted octanol–water partition coefficient (Wildman–Crippen LogP) is 1.60. The summed E-state index contributed by atoms with van der Waals surface area (Å²) < 4.78 is 5.39. The highest BCUT2D eigenvalue weighted by Gasteiger charge is 2.37. The number of piperidine rings is 1. The Morgan fingerprint density at radius 1 is 1.50 bits per heavy atom. The smallest absolute Gasteiger partial charge is 0.309 e. The normalized spacial score (nSPS) is 22.9. The van der Waals surface area contributed by atoms with Crippen molar-refractivity contribution in [2.45, 2.75) is 39.7 Å². The maximum atomic E-state index is 11.1. The van der Waals surface area contributed by atoms with Crippen molar-refractivity contribution >= 4 is 5.97 Å². The van der Waals surface area contributed by atoms with E-state index in [1.165, 1.54) is 0 Å². The van der Waals surface area contributed by atoms with Gasteiger partial charge in [0.15, 0.2) is 0 Å². The van der Waals surface area contributed by atoms with Gasteiger partial charge < -0.3 is 9.84 Å². The van der Waals surface area contributed by atoms with E-state index in [4.69, 9.17) is 9.84 Å². The first-order valence-electron chi connectivity index (χ1n) is 6.05. The number of hydrogen-bond donors (Lipinski definition) is 1. The van der Waals surface area contributed by atoms with Gasteiger partial charge in [0, 0.05) is 12.6 Å². The average Bonchev–Trinajstić information content (AvgIpc) is 2.26. The summed E-state index contributed by atoms with van der Waals surface area (Å²) in [7, 11) is 0. The SMILES string of the molecule is CCOCC(C)N1CCC(C)(C(=O)O)CC1. The summed E-state index contributed by atoms with van der Waals surface area (Å²) in [5.41, 5.74) is -0.526. The Balaban J connectivity index is 2.39. The zero-order valence-corrected chi connectivity index (χ0v) is 10.5. The largest absolute Gasteiger partial charge is 0.481 e. The topological polar surface area (TPSA) is 49.8 Å². The predicted molar refractivity (Wildman–Crippen MR) is 62.5 cm³/mol. The number of rotatable bonds is 5. The second-order valence-electron chi connectivity index (χ2n) is 4.91. The van der Waals surface area contributed by atoms with Gasteiger partial charge in [0.1, 0.15) is 0 Å². The molecule has 0 amide bonds. The Bertz CT molecular complexity index is 234.